The minimum absolute atomic E-state index is 0.149. The molecule has 304 valence electrons. The standard InChI is InChI=1S/2C18H30O4.2C4H9.Sn/c2*1-2-3-4-5-6-7-8-9-10-11-12-13-14-15-17-18(21-17,22-17)16(19)20;2*1-3-4-2;/h2*9-10H,2-8,11-15H2,1H3,(H,19,20);2*1,3-4H2,2H3;/q;;;;+2/p-2. The first-order chi connectivity index (χ1) is 25.8. The maximum absolute atomic E-state index is 10.7. The van der Waals surface area contributed by atoms with Crippen molar-refractivity contribution in [3.8, 4) is 0 Å². The van der Waals surface area contributed by atoms with Crippen LogP contribution in [-0.4, -0.2) is 56.2 Å². The van der Waals surface area contributed by atoms with E-state index in [1.807, 2.05) is 0 Å². The third kappa shape index (κ3) is 17.8. The van der Waals surface area contributed by atoms with Gasteiger partial charge in [0.25, 0.3) is 11.6 Å². The molecule has 0 saturated carbocycles. The summed E-state index contributed by atoms with van der Waals surface area (Å²) >= 11 is 0.149. The summed E-state index contributed by atoms with van der Waals surface area (Å²) in [4.78, 5) is 21.4. The first-order valence-corrected chi connectivity index (χ1v) is 26.0. The van der Waals surface area contributed by atoms with E-state index in [4.69, 9.17) is 18.9 Å². The molecule has 0 aromatic heterocycles. The Labute approximate surface area is 334 Å². The van der Waals surface area contributed by atoms with Gasteiger partial charge in [-0.2, -0.15) is 0 Å². The Morgan fingerprint density at radius 3 is 1.00 bits per heavy atom. The molecule has 0 spiro atoms. The number of hydrogen-bond donors (Lipinski definition) is 0. The Balaban J connectivity index is 0.000000300. The summed E-state index contributed by atoms with van der Waals surface area (Å²) < 4.78 is 23.5. The summed E-state index contributed by atoms with van der Waals surface area (Å²) in [5, 5.41) is 21.4. The van der Waals surface area contributed by atoms with Crippen molar-refractivity contribution in [2.75, 3.05) is 0 Å². The molecule has 4 aliphatic heterocycles. The number of unbranched alkanes of at least 4 members (excludes halogenated alkanes) is 20. The molecule has 0 unspecified atom stereocenters. The van der Waals surface area contributed by atoms with E-state index in [1.54, 1.807) is 8.87 Å². The van der Waals surface area contributed by atoms with Gasteiger partial charge in [0.1, 0.15) is 11.9 Å². The fourth-order valence-electron chi connectivity index (χ4n) is 6.73. The van der Waals surface area contributed by atoms with Gasteiger partial charge in [-0.15, -0.1) is 0 Å². The Morgan fingerprint density at radius 2 is 0.717 bits per heavy atom. The van der Waals surface area contributed by atoms with Crippen molar-refractivity contribution in [2.45, 2.75) is 239 Å². The van der Waals surface area contributed by atoms with Crippen molar-refractivity contribution in [1.29, 1.82) is 0 Å². The van der Waals surface area contributed by atoms with Crippen molar-refractivity contribution in [2.24, 2.45) is 0 Å². The fraction of sp³-hybridized carbons (Fsp3) is 0.864. The van der Waals surface area contributed by atoms with Crippen LogP contribution in [0, 0.1) is 0 Å². The molecule has 0 amide bonds. The van der Waals surface area contributed by atoms with E-state index >= 15 is 0 Å². The summed E-state index contributed by atoms with van der Waals surface area (Å²) in [7, 11) is 0. The number of allylic oxidation sites excluding steroid dienone is 4. The molecule has 0 atom stereocenters. The predicted molar refractivity (Wildman–Crippen MR) is 211 cm³/mol. The quantitative estimate of drug-likeness (QED) is 0.0271. The van der Waals surface area contributed by atoms with E-state index in [2.05, 4.69) is 52.0 Å². The van der Waals surface area contributed by atoms with E-state index in [0.29, 0.717) is 12.8 Å². The molecule has 0 aromatic rings. The molecule has 53 heavy (non-hydrogen) atoms. The summed E-state index contributed by atoms with van der Waals surface area (Å²) in [6, 6.07) is 0. The predicted octanol–water partition coefficient (Wildman–Crippen LogP) is 10.0. The average Bonchev–Trinajstić information content (AvgIpc) is 4.06. The Morgan fingerprint density at radius 1 is 0.434 bits per heavy atom. The number of carbonyl (C=O) groups is 2. The van der Waals surface area contributed by atoms with Crippen LogP contribution in [0.15, 0.2) is 24.3 Å². The van der Waals surface area contributed by atoms with E-state index in [1.165, 1.54) is 116 Å². The van der Waals surface area contributed by atoms with Gasteiger partial charge in [-0.05, 0) is 64.2 Å². The van der Waals surface area contributed by atoms with Gasteiger partial charge in [-0.25, -0.2) is 0 Å². The monoisotopic (exact) mass is 852 g/mol. The third-order valence-corrected chi connectivity index (χ3v) is 14.6. The number of carbonyl (C=O) groups excluding carboxylic acids is 2. The van der Waals surface area contributed by atoms with Gasteiger partial charge in [0.05, 0.1) is 0 Å². The molecule has 4 heterocycles. The molecule has 4 fully saturated rings. The number of carboxylic acids is 2. The summed E-state index contributed by atoms with van der Waals surface area (Å²) in [5.74, 6) is -6.79. The number of aliphatic carboxylic acids is 2. The van der Waals surface area contributed by atoms with Crippen LogP contribution in [0.2, 0.25) is 8.87 Å². The molecule has 0 N–H and O–H groups in total. The van der Waals surface area contributed by atoms with Gasteiger partial charge in [-0.3, -0.25) is 0 Å². The first kappa shape index (κ1) is 48.2. The SMILES string of the molecule is CCCCCCCCC=CCCCCCC12OC1(C(=O)[O-])O2.CCCCCCCCC=CCCCCCC12OC1(C(=O)[O-])O2.CCC[CH2][Sn+2][CH2]CCC. The molecule has 9 heteroatoms. The van der Waals surface area contributed by atoms with Crippen molar-refractivity contribution in [3.05, 3.63) is 24.3 Å². The molecule has 0 bridgehead atoms. The average molecular weight is 852 g/mol. The first-order valence-electron chi connectivity index (χ1n) is 22.0. The third-order valence-electron chi connectivity index (χ3n) is 10.6. The molecule has 4 aliphatic rings. The fourth-order valence-corrected chi connectivity index (χ4v) is 10.9. The van der Waals surface area contributed by atoms with Crippen molar-refractivity contribution >= 4 is 33.1 Å². The van der Waals surface area contributed by atoms with E-state index in [9.17, 15) is 19.8 Å². The van der Waals surface area contributed by atoms with E-state index in [0.717, 1.165) is 51.4 Å². The van der Waals surface area contributed by atoms with Crippen LogP contribution in [-0.2, 0) is 28.5 Å². The summed E-state index contributed by atoms with van der Waals surface area (Å²) in [6.45, 7) is 9.08. The Kier molecular flexibility index (Phi) is 25.1. The normalized spacial score (nSPS) is 25.4. The van der Waals surface area contributed by atoms with Gasteiger partial charge in [0, 0.05) is 12.8 Å². The van der Waals surface area contributed by atoms with Gasteiger partial charge >= 0.3 is 69.5 Å². The molecular formula is C44H76O8Sn. The molecular weight excluding hydrogens is 775 g/mol. The Hall–Kier alpha value is -0.941. The number of carboxylic acid groups (broad SMARTS) is 2. The number of hydrogen-bond acceptors (Lipinski definition) is 8. The zero-order chi connectivity index (χ0) is 38.7. The van der Waals surface area contributed by atoms with E-state index < -0.39 is 35.1 Å². The number of ether oxygens (including phenoxy) is 4. The van der Waals surface area contributed by atoms with Crippen LogP contribution in [0.4, 0.5) is 0 Å². The van der Waals surface area contributed by atoms with Gasteiger partial charge < -0.3 is 38.7 Å². The molecule has 0 radical (unpaired) electrons. The second kappa shape index (κ2) is 27.6. The van der Waals surface area contributed by atoms with Gasteiger partial charge in [0.2, 0.25) is 11.6 Å². The topological polar surface area (TPSA) is 130 Å². The minimum atomic E-state index is -1.36. The molecule has 0 aromatic carbocycles. The zero-order valence-corrected chi connectivity index (χ0v) is 37.1. The molecule has 8 nitrogen and oxygen atoms in total. The Bertz CT molecular complexity index is 950. The van der Waals surface area contributed by atoms with Crippen molar-refractivity contribution in [3.63, 3.8) is 0 Å². The maximum atomic E-state index is 10.7. The summed E-state index contributed by atoms with van der Waals surface area (Å²) in [6.07, 6.45) is 43.5. The summed E-state index contributed by atoms with van der Waals surface area (Å²) in [5.41, 5.74) is 0. The van der Waals surface area contributed by atoms with Crippen molar-refractivity contribution in [1.82, 2.24) is 0 Å². The number of rotatable bonds is 34. The van der Waals surface area contributed by atoms with Gasteiger partial charge in [-0.1, -0.05) is 115 Å². The van der Waals surface area contributed by atoms with Crippen LogP contribution in [0.1, 0.15) is 207 Å². The van der Waals surface area contributed by atoms with Crippen LogP contribution in [0.3, 0.4) is 0 Å². The van der Waals surface area contributed by atoms with E-state index in [-0.39, 0.29) is 21.1 Å². The van der Waals surface area contributed by atoms with Crippen LogP contribution in [0.25, 0.3) is 0 Å². The zero-order valence-electron chi connectivity index (χ0n) is 34.3. The molecule has 4 rings (SSSR count). The van der Waals surface area contributed by atoms with Crippen molar-refractivity contribution < 1.29 is 38.7 Å². The number of fused-ring (bicyclic) bond motifs is 2. The van der Waals surface area contributed by atoms with Crippen LogP contribution >= 0.6 is 0 Å². The molecule has 4 saturated heterocycles. The molecule has 0 aliphatic carbocycles. The number of epoxide rings is 4. The van der Waals surface area contributed by atoms with Crippen LogP contribution in [0.5, 0.6) is 0 Å². The second-order valence-electron chi connectivity index (χ2n) is 15.4. The van der Waals surface area contributed by atoms with Crippen LogP contribution < -0.4 is 10.2 Å². The second-order valence-corrected chi connectivity index (χ2v) is 19.7. The van der Waals surface area contributed by atoms with Gasteiger partial charge in [0.15, 0.2) is 0 Å².